The first-order chi connectivity index (χ1) is 9.60. The van der Waals surface area contributed by atoms with Crippen molar-refractivity contribution in [3.63, 3.8) is 0 Å². The number of piperidine rings is 1. The Hall–Kier alpha value is -2.10. The molecule has 2 heterocycles. The van der Waals surface area contributed by atoms with Gasteiger partial charge in [-0.15, -0.1) is 0 Å². The van der Waals surface area contributed by atoms with Crippen molar-refractivity contribution >= 4 is 11.8 Å². The monoisotopic (exact) mass is 270 g/mol. The SMILES string of the molecule is C/C=C1/CCC(N2Cc3cc(C)ccc3C2=O)C(=O)N1. The molecule has 104 valence electrons. The van der Waals surface area contributed by atoms with Crippen molar-refractivity contribution < 1.29 is 9.59 Å². The van der Waals surface area contributed by atoms with E-state index in [0.717, 1.165) is 28.8 Å². The highest BCUT2D eigenvalue weighted by Crippen LogP contribution is 2.28. The van der Waals surface area contributed by atoms with Crippen molar-refractivity contribution in [2.45, 2.75) is 39.3 Å². The molecule has 3 rings (SSSR count). The van der Waals surface area contributed by atoms with E-state index in [1.807, 2.05) is 38.1 Å². The van der Waals surface area contributed by atoms with E-state index in [2.05, 4.69) is 5.32 Å². The Morgan fingerprint density at radius 1 is 1.35 bits per heavy atom. The van der Waals surface area contributed by atoms with Crippen LogP contribution in [-0.2, 0) is 11.3 Å². The van der Waals surface area contributed by atoms with Crippen molar-refractivity contribution in [1.29, 1.82) is 0 Å². The van der Waals surface area contributed by atoms with Gasteiger partial charge in [-0.2, -0.15) is 0 Å². The van der Waals surface area contributed by atoms with E-state index in [1.165, 1.54) is 0 Å². The molecule has 1 aromatic rings. The van der Waals surface area contributed by atoms with Crippen molar-refractivity contribution in [2.75, 3.05) is 0 Å². The third kappa shape index (κ3) is 2.01. The molecule has 0 saturated carbocycles. The molecule has 1 saturated heterocycles. The van der Waals surface area contributed by atoms with Crippen LogP contribution in [0.25, 0.3) is 0 Å². The minimum absolute atomic E-state index is 0.0240. The predicted molar refractivity (Wildman–Crippen MR) is 76.0 cm³/mol. The molecular weight excluding hydrogens is 252 g/mol. The summed E-state index contributed by atoms with van der Waals surface area (Å²) >= 11 is 0. The maximum absolute atomic E-state index is 12.4. The largest absolute Gasteiger partial charge is 0.328 e. The fraction of sp³-hybridized carbons (Fsp3) is 0.375. The van der Waals surface area contributed by atoms with Crippen LogP contribution in [0.4, 0.5) is 0 Å². The molecule has 0 radical (unpaired) electrons. The number of rotatable bonds is 1. The number of nitrogens with one attached hydrogen (secondary N) is 1. The van der Waals surface area contributed by atoms with E-state index in [9.17, 15) is 9.59 Å². The van der Waals surface area contributed by atoms with Crippen molar-refractivity contribution in [2.24, 2.45) is 0 Å². The fourth-order valence-electron chi connectivity index (χ4n) is 2.96. The number of carbonyl (C=O) groups is 2. The normalized spacial score (nSPS) is 24.0. The maximum Gasteiger partial charge on any atom is 0.255 e. The average Bonchev–Trinajstić information content (AvgIpc) is 2.75. The molecular formula is C16H18N2O2. The molecule has 2 aliphatic heterocycles. The van der Waals surface area contributed by atoms with Crippen LogP contribution in [0, 0.1) is 6.92 Å². The summed E-state index contributed by atoms with van der Waals surface area (Å²) in [6, 6.07) is 5.49. The van der Waals surface area contributed by atoms with Crippen molar-refractivity contribution in [3.8, 4) is 0 Å². The van der Waals surface area contributed by atoms with Gasteiger partial charge >= 0.3 is 0 Å². The predicted octanol–water partition coefficient (Wildman–Crippen LogP) is 2.13. The molecule has 0 spiro atoms. The Bertz CT molecular complexity index is 619. The first kappa shape index (κ1) is 12.9. The lowest BCUT2D eigenvalue weighted by Crippen LogP contribution is -2.49. The van der Waals surface area contributed by atoms with Crippen LogP contribution in [0.1, 0.15) is 41.3 Å². The summed E-state index contributed by atoms with van der Waals surface area (Å²) in [7, 11) is 0. The summed E-state index contributed by atoms with van der Waals surface area (Å²) in [4.78, 5) is 26.3. The van der Waals surface area contributed by atoms with Gasteiger partial charge in [0, 0.05) is 17.8 Å². The topological polar surface area (TPSA) is 49.4 Å². The zero-order valence-electron chi connectivity index (χ0n) is 11.8. The highest BCUT2D eigenvalue weighted by molar-refractivity contribution is 6.01. The summed E-state index contributed by atoms with van der Waals surface area (Å²) in [6.45, 7) is 4.47. The smallest absolute Gasteiger partial charge is 0.255 e. The van der Waals surface area contributed by atoms with Crippen LogP contribution in [-0.4, -0.2) is 22.8 Å². The van der Waals surface area contributed by atoms with Gasteiger partial charge < -0.3 is 10.2 Å². The van der Waals surface area contributed by atoms with E-state index in [4.69, 9.17) is 0 Å². The number of allylic oxidation sites excluding steroid dienone is 2. The van der Waals surface area contributed by atoms with Crippen LogP contribution in [0.15, 0.2) is 30.0 Å². The lowest BCUT2D eigenvalue weighted by molar-refractivity contribution is -0.126. The lowest BCUT2D eigenvalue weighted by atomic mass is 10.0. The van der Waals surface area contributed by atoms with E-state index in [0.29, 0.717) is 13.0 Å². The second-order valence-electron chi connectivity index (χ2n) is 5.45. The van der Waals surface area contributed by atoms with Gasteiger partial charge in [-0.05, 0) is 38.3 Å². The van der Waals surface area contributed by atoms with Crippen LogP contribution in [0.5, 0.6) is 0 Å². The first-order valence-corrected chi connectivity index (χ1v) is 6.96. The molecule has 1 atom stereocenters. The molecule has 2 amide bonds. The van der Waals surface area contributed by atoms with Gasteiger partial charge in [0.05, 0.1) is 0 Å². The number of nitrogens with zero attached hydrogens (tertiary/aromatic N) is 1. The molecule has 2 aliphatic rings. The molecule has 0 aromatic heterocycles. The minimum atomic E-state index is -0.348. The molecule has 4 nitrogen and oxygen atoms in total. The molecule has 1 N–H and O–H groups in total. The first-order valence-electron chi connectivity index (χ1n) is 6.96. The number of hydrogen-bond acceptors (Lipinski definition) is 2. The zero-order valence-corrected chi connectivity index (χ0v) is 11.8. The van der Waals surface area contributed by atoms with Gasteiger partial charge in [-0.3, -0.25) is 9.59 Å². The summed E-state index contributed by atoms with van der Waals surface area (Å²) in [5, 5.41) is 2.88. The second-order valence-corrected chi connectivity index (χ2v) is 5.45. The second kappa shape index (κ2) is 4.78. The summed E-state index contributed by atoms with van der Waals surface area (Å²) in [6.07, 6.45) is 3.42. The summed E-state index contributed by atoms with van der Waals surface area (Å²) in [5.41, 5.74) is 3.86. The molecule has 0 aliphatic carbocycles. The Kier molecular flexibility index (Phi) is 3.08. The van der Waals surface area contributed by atoms with Gasteiger partial charge in [-0.1, -0.05) is 23.8 Å². The van der Waals surface area contributed by atoms with E-state index < -0.39 is 0 Å². The molecule has 0 bridgehead atoms. The number of aryl methyl sites for hydroxylation is 1. The third-order valence-electron chi connectivity index (χ3n) is 4.09. The summed E-state index contributed by atoms with van der Waals surface area (Å²) < 4.78 is 0. The molecule has 1 fully saturated rings. The third-order valence-corrected chi connectivity index (χ3v) is 4.09. The maximum atomic E-state index is 12.4. The minimum Gasteiger partial charge on any atom is -0.328 e. The highest BCUT2D eigenvalue weighted by Gasteiger charge is 2.37. The van der Waals surface area contributed by atoms with Gasteiger partial charge in [-0.25, -0.2) is 0 Å². The zero-order chi connectivity index (χ0) is 14.3. The quantitative estimate of drug-likeness (QED) is 0.850. The lowest BCUT2D eigenvalue weighted by Gasteiger charge is -2.31. The van der Waals surface area contributed by atoms with Crippen LogP contribution in [0.3, 0.4) is 0 Å². The Balaban J connectivity index is 1.84. The van der Waals surface area contributed by atoms with Crippen LogP contribution in [0.2, 0.25) is 0 Å². The standard InChI is InChI=1S/C16H18N2O2/c1-3-12-5-7-14(15(19)17-12)18-9-11-8-10(2)4-6-13(11)16(18)20/h3-4,6,8,14H,5,7,9H2,1-2H3,(H,17,19)/b12-3-. The Morgan fingerprint density at radius 3 is 2.85 bits per heavy atom. The van der Waals surface area contributed by atoms with Crippen molar-refractivity contribution in [1.82, 2.24) is 10.2 Å². The van der Waals surface area contributed by atoms with Gasteiger partial charge in [0.1, 0.15) is 6.04 Å². The molecule has 1 unspecified atom stereocenters. The number of amides is 2. The Labute approximate surface area is 118 Å². The van der Waals surface area contributed by atoms with E-state index in [-0.39, 0.29) is 17.9 Å². The Morgan fingerprint density at radius 2 is 2.15 bits per heavy atom. The van der Waals surface area contributed by atoms with Crippen LogP contribution >= 0.6 is 0 Å². The molecule has 1 aromatic carbocycles. The van der Waals surface area contributed by atoms with Crippen molar-refractivity contribution in [3.05, 3.63) is 46.7 Å². The van der Waals surface area contributed by atoms with Gasteiger partial charge in [0.15, 0.2) is 0 Å². The summed E-state index contributed by atoms with van der Waals surface area (Å²) in [5.74, 6) is -0.0914. The van der Waals surface area contributed by atoms with E-state index in [1.54, 1.807) is 4.90 Å². The average molecular weight is 270 g/mol. The molecule has 4 heteroatoms. The molecule has 20 heavy (non-hydrogen) atoms. The number of carbonyl (C=O) groups excluding carboxylic acids is 2. The number of fused-ring (bicyclic) bond motifs is 1. The fourth-order valence-corrected chi connectivity index (χ4v) is 2.96. The van der Waals surface area contributed by atoms with Gasteiger partial charge in [0.2, 0.25) is 5.91 Å². The highest BCUT2D eigenvalue weighted by atomic mass is 16.2. The number of benzene rings is 1. The van der Waals surface area contributed by atoms with Gasteiger partial charge in [0.25, 0.3) is 5.91 Å². The van der Waals surface area contributed by atoms with E-state index >= 15 is 0 Å². The number of hydrogen-bond donors (Lipinski definition) is 1. The van der Waals surface area contributed by atoms with Crippen LogP contribution < -0.4 is 5.32 Å².